The SMILES string of the molecule is Cc1[nH]c(C(C)(C)C)nc1-c1ccc(C[C@@H](CCO)CCc2ccc(OC(C)C)c(Cl)c2)cc1. The fourth-order valence-corrected chi connectivity index (χ4v) is 4.43. The molecule has 0 radical (unpaired) electrons. The summed E-state index contributed by atoms with van der Waals surface area (Å²) in [5.74, 6) is 2.14. The average molecular weight is 483 g/mol. The highest BCUT2D eigenvalue weighted by atomic mass is 35.5. The van der Waals surface area contributed by atoms with Gasteiger partial charge < -0.3 is 14.8 Å². The Labute approximate surface area is 209 Å². The lowest BCUT2D eigenvalue weighted by molar-refractivity contribution is 0.242. The summed E-state index contributed by atoms with van der Waals surface area (Å²) >= 11 is 6.41. The van der Waals surface area contributed by atoms with E-state index in [0.29, 0.717) is 10.9 Å². The molecule has 0 aliphatic rings. The molecule has 1 heterocycles. The van der Waals surface area contributed by atoms with E-state index in [-0.39, 0.29) is 18.1 Å². The first-order valence-electron chi connectivity index (χ1n) is 12.3. The normalized spacial score (nSPS) is 12.9. The summed E-state index contributed by atoms with van der Waals surface area (Å²) in [5, 5.41) is 10.3. The maximum Gasteiger partial charge on any atom is 0.138 e. The van der Waals surface area contributed by atoms with Crippen LogP contribution in [0.25, 0.3) is 11.3 Å². The molecule has 0 saturated heterocycles. The number of imidazole rings is 1. The Balaban J connectivity index is 1.65. The summed E-state index contributed by atoms with van der Waals surface area (Å²) in [5.41, 5.74) is 5.72. The van der Waals surface area contributed by atoms with Gasteiger partial charge in [-0.15, -0.1) is 0 Å². The zero-order valence-corrected chi connectivity index (χ0v) is 22.2. The van der Waals surface area contributed by atoms with E-state index in [1.807, 2.05) is 26.0 Å². The number of aromatic amines is 1. The van der Waals surface area contributed by atoms with E-state index >= 15 is 0 Å². The number of hydrogen-bond acceptors (Lipinski definition) is 3. The van der Waals surface area contributed by atoms with Crippen LogP contribution in [-0.2, 0) is 18.3 Å². The highest BCUT2D eigenvalue weighted by Crippen LogP contribution is 2.29. The van der Waals surface area contributed by atoms with Crippen LogP contribution in [-0.4, -0.2) is 27.8 Å². The van der Waals surface area contributed by atoms with Crippen molar-refractivity contribution in [1.82, 2.24) is 9.97 Å². The van der Waals surface area contributed by atoms with Gasteiger partial charge in [0.1, 0.15) is 11.6 Å². The lowest BCUT2D eigenvalue weighted by Gasteiger charge is -2.17. The fraction of sp³-hybridized carbons (Fsp3) is 0.483. The van der Waals surface area contributed by atoms with Crippen LogP contribution in [0.4, 0.5) is 0 Å². The highest BCUT2D eigenvalue weighted by molar-refractivity contribution is 6.32. The van der Waals surface area contributed by atoms with Crippen molar-refractivity contribution in [2.75, 3.05) is 6.61 Å². The van der Waals surface area contributed by atoms with Crippen molar-refractivity contribution in [3.63, 3.8) is 0 Å². The Morgan fingerprint density at radius 3 is 2.26 bits per heavy atom. The van der Waals surface area contributed by atoms with E-state index < -0.39 is 0 Å². The van der Waals surface area contributed by atoms with Gasteiger partial charge in [0.15, 0.2) is 0 Å². The molecule has 2 N–H and O–H groups in total. The molecule has 0 fully saturated rings. The lowest BCUT2D eigenvalue weighted by Crippen LogP contribution is -2.13. The van der Waals surface area contributed by atoms with Crippen LogP contribution in [0.3, 0.4) is 0 Å². The van der Waals surface area contributed by atoms with Crippen LogP contribution in [0.5, 0.6) is 5.75 Å². The van der Waals surface area contributed by atoms with Crippen molar-refractivity contribution in [3.05, 3.63) is 70.1 Å². The van der Waals surface area contributed by atoms with Gasteiger partial charge in [0.05, 0.1) is 16.8 Å². The largest absolute Gasteiger partial charge is 0.489 e. The second-order valence-corrected chi connectivity index (χ2v) is 11.0. The molecular formula is C29H39ClN2O2. The molecule has 34 heavy (non-hydrogen) atoms. The highest BCUT2D eigenvalue weighted by Gasteiger charge is 2.20. The van der Waals surface area contributed by atoms with Crippen molar-refractivity contribution in [1.29, 1.82) is 0 Å². The second kappa shape index (κ2) is 11.4. The van der Waals surface area contributed by atoms with Crippen LogP contribution in [0.15, 0.2) is 42.5 Å². The molecule has 0 aliphatic carbocycles. The monoisotopic (exact) mass is 482 g/mol. The van der Waals surface area contributed by atoms with Gasteiger partial charge in [-0.2, -0.15) is 0 Å². The topological polar surface area (TPSA) is 58.1 Å². The van der Waals surface area contributed by atoms with E-state index in [0.717, 1.165) is 54.2 Å². The van der Waals surface area contributed by atoms with Gasteiger partial charge in [-0.25, -0.2) is 4.98 Å². The standard InChI is InChI=1S/C29H39ClN2O2/c1-19(2)34-26-14-11-22(18-25(26)30)7-8-23(15-16-33)17-21-9-12-24(13-10-21)27-20(3)31-28(32-27)29(4,5)6/h9-14,18-19,23,33H,7-8,15-17H2,1-6H3,(H,31,32)/t23-/m1/s1. The van der Waals surface area contributed by atoms with Crippen molar-refractivity contribution in [3.8, 4) is 17.0 Å². The van der Waals surface area contributed by atoms with E-state index in [2.05, 4.69) is 63.0 Å². The van der Waals surface area contributed by atoms with Crippen molar-refractivity contribution >= 4 is 11.6 Å². The fourth-order valence-electron chi connectivity index (χ4n) is 4.18. The zero-order valence-electron chi connectivity index (χ0n) is 21.4. The van der Waals surface area contributed by atoms with Crippen LogP contribution in [0.1, 0.15) is 70.1 Å². The molecule has 0 bridgehead atoms. The van der Waals surface area contributed by atoms with Crippen LogP contribution >= 0.6 is 11.6 Å². The van der Waals surface area contributed by atoms with Crippen molar-refractivity contribution in [2.45, 2.75) is 78.7 Å². The third-order valence-corrected chi connectivity index (χ3v) is 6.38. The van der Waals surface area contributed by atoms with Crippen LogP contribution in [0, 0.1) is 12.8 Å². The molecule has 0 saturated carbocycles. The van der Waals surface area contributed by atoms with Gasteiger partial charge in [-0.3, -0.25) is 0 Å². The minimum atomic E-state index is -0.00748. The molecule has 0 unspecified atom stereocenters. The summed E-state index contributed by atoms with van der Waals surface area (Å²) in [6.45, 7) is 12.8. The molecule has 0 aliphatic heterocycles. The Bertz CT molecular complexity index is 1060. The number of nitrogens with one attached hydrogen (secondary N) is 1. The van der Waals surface area contributed by atoms with E-state index in [1.165, 1.54) is 11.1 Å². The minimum absolute atomic E-state index is 0.00748. The summed E-state index contributed by atoms with van der Waals surface area (Å²) in [6.07, 6.45) is 3.75. The maximum atomic E-state index is 9.62. The number of ether oxygens (including phenoxy) is 1. The van der Waals surface area contributed by atoms with E-state index in [4.69, 9.17) is 21.3 Å². The summed E-state index contributed by atoms with van der Waals surface area (Å²) in [7, 11) is 0. The molecule has 1 atom stereocenters. The predicted octanol–water partition coefficient (Wildman–Crippen LogP) is 7.30. The molecule has 0 spiro atoms. The van der Waals surface area contributed by atoms with E-state index in [9.17, 15) is 5.11 Å². The molecule has 3 aromatic rings. The van der Waals surface area contributed by atoms with Crippen molar-refractivity contribution in [2.24, 2.45) is 5.92 Å². The number of aryl methyl sites for hydroxylation is 2. The Morgan fingerprint density at radius 1 is 1.03 bits per heavy atom. The quantitative estimate of drug-likeness (QED) is 0.318. The second-order valence-electron chi connectivity index (χ2n) is 10.6. The number of H-pyrrole nitrogens is 1. The van der Waals surface area contributed by atoms with Gasteiger partial charge >= 0.3 is 0 Å². The Morgan fingerprint density at radius 2 is 1.71 bits per heavy atom. The number of halogens is 1. The molecular weight excluding hydrogens is 444 g/mol. The smallest absolute Gasteiger partial charge is 0.138 e. The summed E-state index contributed by atoms with van der Waals surface area (Å²) < 4.78 is 5.74. The average Bonchev–Trinajstić information content (AvgIpc) is 3.16. The van der Waals surface area contributed by atoms with Crippen LogP contribution in [0.2, 0.25) is 5.02 Å². The first-order valence-corrected chi connectivity index (χ1v) is 12.7. The van der Waals surface area contributed by atoms with Gasteiger partial charge in [-0.05, 0) is 75.6 Å². The third kappa shape index (κ3) is 7.10. The summed E-state index contributed by atoms with van der Waals surface area (Å²) in [6, 6.07) is 14.8. The molecule has 5 heteroatoms. The first kappa shape index (κ1) is 26.3. The van der Waals surface area contributed by atoms with Gasteiger partial charge in [-0.1, -0.05) is 62.7 Å². The number of rotatable bonds is 10. The first-order chi connectivity index (χ1) is 16.1. The van der Waals surface area contributed by atoms with Crippen molar-refractivity contribution < 1.29 is 9.84 Å². The molecule has 3 rings (SSSR count). The Hall–Kier alpha value is -2.30. The van der Waals surface area contributed by atoms with Crippen LogP contribution < -0.4 is 4.74 Å². The molecule has 0 amide bonds. The predicted molar refractivity (Wildman–Crippen MR) is 142 cm³/mol. The third-order valence-electron chi connectivity index (χ3n) is 6.08. The molecule has 4 nitrogen and oxygen atoms in total. The molecule has 184 valence electrons. The molecule has 2 aromatic carbocycles. The van der Waals surface area contributed by atoms with Gasteiger partial charge in [0.2, 0.25) is 0 Å². The van der Waals surface area contributed by atoms with Gasteiger partial charge in [0.25, 0.3) is 0 Å². The molecule has 1 aromatic heterocycles. The summed E-state index contributed by atoms with van der Waals surface area (Å²) in [4.78, 5) is 8.29. The number of nitrogens with zero attached hydrogens (tertiary/aromatic N) is 1. The van der Waals surface area contributed by atoms with E-state index in [1.54, 1.807) is 0 Å². The zero-order chi connectivity index (χ0) is 24.9. The number of aliphatic hydroxyl groups is 1. The lowest BCUT2D eigenvalue weighted by atomic mass is 9.90. The number of hydrogen-bond donors (Lipinski definition) is 2. The number of aromatic nitrogens is 2. The van der Waals surface area contributed by atoms with Gasteiger partial charge in [0, 0.05) is 23.3 Å². The number of aliphatic hydroxyl groups excluding tert-OH is 1. The minimum Gasteiger partial charge on any atom is -0.489 e. The Kier molecular flexibility index (Phi) is 8.83. The number of benzene rings is 2. The maximum absolute atomic E-state index is 9.62.